The molecule has 1 amide bonds. The van der Waals surface area contributed by atoms with E-state index in [9.17, 15) is 19.3 Å². The molecular formula is C12H8BrFN2O3S. The van der Waals surface area contributed by atoms with Crippen LogP contribution in [-0.2, 0) is 0 Å². The van der Waals surface area contributed by atoms with Gasteiger partial charge in [-0.1, -0.05) is 0 Å². The number of nitro groups is 1. The Morgan fingerprint density at radius 3 is 2.70 bits per heavy atom. The number of nitro benzene ring substituents is 1. The summed E-state index contributed by atoms with van der Waals surface area (Å²) in [6.45, 7) is 1.83. The zero-order valence-corrected chi connectivity index (χ0v) is 12.5. The van der Waals surface area contributed by atoms with Crippen molar-refractivity contribution < 1.29 is 14.1 Å². The number of rotatable bonds is 3. The maximum absolute atomic E-state index is 13.0. The number of carbonyl (C=O) groups excluding carboxylic acids is 1. The van der Waals surface area contributed by atoms with E-state index < -0.39 is 22.3 Å². The molecule has 0 spiro atoms. The monoisotopic (exact) mass is 358 g/mol. The van der Waals surface area contributed by atoms with Crippen LogP contribution in [0.25, 0.3) is 0 Å². The van der Waals surface area contributed by atoms with Crippen molar-refractivity contribution in [3.8, 4) is 0 Å². The van der Waals surface area contributed by atoms with E-state index in [1.807, 2.05) is 6.92 Å². The van der Waals surface area contributed by atoms with Crippen molar-refractivity contribution in [3.63, 3.8) is 0 Å². The standard InChI is InChI=1S/C12H8BrFN2O3S/c1-6-4-10(20-11(6)13)12(17)15-8-3-2-7(14)5-9(8)16(18)19/h2-5H,1H3,(H,15,17). The lowest BCUT2D eigenvalue weighted by atomic mass is 10.2. The highest BCUT2D eigenvalue weighted by atomic mass is 79.9. The second kappa shape index (κ2) is 5.68. The number of aryl methyl sites for hydroxylation is 1. The summed E-state index contributed by atoms with van der Waals surface area (Å²) < 4.78 is 13.8. The molecule has 0 bridgehead atoms. The first-order valence-corrected chi connectivity index (χ1v) is 7.00. The number of hydrogen-bond acceptors (Lipinski definition) is 4. The highest BCUT2D eigenvalue weighted by Crippen LogP contribution is 2.30. The van der Waals surface area contributed by atoms with Crippen molar-refractivity contribution in [1.82, 2.24) is 0 Å². The van der Waals surface area contributed by atoms with Crippen molar-refractivity contribution in [2.75, 3.05) is 5.32 Å². The van der Waals surface area contributed by atoms with E-state index >= 15 is 0 Å². The van der Waals surface area contributed by atoms with Crippen LogP contribution in [0, 0.1) is 22.9 Å². The molecule has 0 aliphatic carbocycles. The normalized spacial score (nSPS) is 10.3. The molecule has 0 saturated carbocycles. The van der Waals surface area contributed by atoms with Crippen molar-refractivity contribution in [3.05, 3.63) is 54.4 Å². The highest BCUT2D eigenvalue weighted by molar-refractivity contribution is 9.11. The van der Waals surface area contributed by atoms with Crippen LogP contribution < -0.4 is 5.32 Å². The SMILES string of the molecule is Cc1cc(C(=O)Nc2ccc(F)cc2[N+](=O)[O-])sc1Br. The quantitative estimate of drug-likeness (QED) is 0.662. The number of anilines is 1. The number of nitrogens with zero attached hydrogens (tertiary/aromatic N) is 1. The first kappa shape index (κ1) is 14.6. The summed E-state index contributed by atoms with van der Waals surface area (Å²) in [6, 6.07) is 4.66. The Bertz CT molecular complexity index is 683. The molecule has 1 heterocycles. The van der Waals surface area contributed by atoms with Gasteiger partial charge in [0, 0.05) is 0 Å². The lowest BCUT2D eigenvalue weighted by Crippen LogP contribution is -2.11. The molecule has 0 aliphatic heterocycles. The minimum Gasteiger partial charge on any atom is -0.316 e. The number of amides is 1. The van der Waals surface area contributed by atoms with Crippen molar-refractivity contribution in [2.45, 2.75) is 6.92 Å². The Morgan fingerprint density at radius 2 is 2.15 bits per heavy atom. The molecule has 0 unspecified atom stereocenters. The van der Waals surface area contributed by atoms with Gasteiger partial charge in [0.25, 0.3) is 11.6 Å². The van der Waals surface area contributed by atoms with Crippen LogP contribution in [0.1, 0.15) is 15.2 Å². The van der Waals surface area contributed by atoms with E-state index in [1.54, 1.807) is 6.07 Å². The van der Waals surface area contributed by atoms with E-state index in [0.29, 0.717) is 4.88 Å². The Balaban J connectivity index is 2.30. The summed E-state index contributed by atoms with van der Waals surface area (Å²) in [5.74, 6) is -1.21. The van der Waals surface area contributed by atoms with Crippen molar-refractivity contribution in [2.24, 2.45) is 0 Å². The van der Waals surface area contributed by atoms with E-state index in [2.05, 4.69) is 21.2 Å². The third-order valence-corrected chi connectivity index (χ3v) is 4.62. The van der Waals surface area contributed by atoms with Gasteiger partial charge < -0.3 is 5.32 Å². The van der Waals surface area contributed by atoms with E-state index in [-0.39, 0.29) is 5.69 Å². The molecule has 0 aliphatic rings. The molecule has 104 valence electrons. The average Bonchev–Trinajstić information content (AvgIpc) is 2.71. The van der Waals surface area contributed by atoms with E-state index in [0.717, 1.165) is 21.5 Å². The van der Waals surface area contributed by atoms with Gasteiger partial charge in [0.05, 0.1) is 19.7 Å². The largest absolute Gasteiger partial charge is 0.316 e. The Morgan fingerprint density at radius 1 is 1.45 bits per heavy atom. The predicted octanol–water partition coefficient (Wildman–Crippen LogP) is 4.12. The zero-order chi connectivity index (χ0) is 14.9. The summed E-state index contributed by atoms with van der Waals surface area (Å²) in [7, 11) is 0. The number of hydrogen-bond donors (Lipinski definition) is 1. The Kier molecular flexibility index (Phi) is 4.15. The molecule has 1 aromatic carbocycles. The number of halogens is 2. The highest BCUT2D eigenvalue weighted by Gasteiger charge is 2.19. The average molecular weight is 359 g/mol. The number of nitrogens with one attached hydrogen (secondary N) is 1. The fourth-order valence-corrected chi connectivity index (χ4v) is 2.95. The maximum atomic E-state index is 13.0. The molecule has 1 N–H and O–H groups in total. The van der Waals surface area contributed by atoms with Crippen LogP contribution in [0.4, 0.5) is 15.8 Å². The molecule has 0 radical (unpaired) electrons. The van der Waals surface area contributed by atoms with Gasteiger partial charge in [-0.05, 0) is 46.6 Å². The van der Waals surface area contributed by atoms with Gasteiger partial charge in [0.15, 0.2) is 0 Å². The van der Waals surface area contributed by atoms with E-state index in [1.165, 1.54) is 17.4 Å². The Hall–Kier alpha value is -1.80. The molecule has 2 aromatic rings. The van der Waals surface area contributed by atoms with Gasteiger partial charge in [-0.25, -0.2) is 4.39 Å². The third kappa shape index (κ3) is 3.02. The fraction of sp³-hybridized carbons (Fsp3) is 0.0833. The number of benzene rings is 1. The van der Waals surface area contributed by atoms with Crippen LogP contribution >= 0.6 is 27.3 Å². The first-order valence-electron chi connectivity index (χ1n) is 5.39. The van der Waals surface area contributed by atoms with Gasteiger partial charge in [-0.15, -0.1) is 11.3 Å². The number of carbonyl (C=O) groups is 1. The second-order valence-electron chi connectivity index (χ2n) is 3.94. The number of thiophene rings is 1. The van der Waals surface area contributed by atoms with Crippen molar-refractivity contribution in [1.29, 1.82) is 0 Å². The molecule has 0 fully saturated rings. The molecule has 8 heteroatoms. The van der Waals surface area contributed by atoms with Gasteiger partial charge in [-0.3, -0.25) is 14.9 Å². The summed E-state index contributed by atoms with van der Waals surface area (Å²) >= 11 is 4.52. The smallest absolute Gasteiger partial charge is 0.295 e. The minimum absolute atomic E-state index is 0.0384. The summed E-state index contributed by atoms with van der Waals surface area (Å²) in [4.78, 5) is 22.5. The second-order valence-corrected chi connectivity index (χ2v) is 6.31. The van der Waals surface area contributed by atoms with Gasteiger partial charge in [0.2, 0.25) is 0 Å². The van der Waals surface area contributed by atoms with Gasteiger partial charge >= 0.3 is 0 Å². The molecule has 5 nitrogen and oxygen atoms in total. The minimum atomic E-state index is -0.742. The third-order valence-electron chi connectivity index (χ3n) is 2.49. The fourth-order valence-electron chi connectivity index (χ4n) is 1.52. The maximum Gasteiger partial charge on any atom is 0.295 e. The van der Waals surface area contributed by atoms with Crippen LogP contribution in [0.5, 0.6) is 0 Å². The summed E-state index contributed by atoms with van der Waals surface area (Å²) in [5.41, 5.74) is 0.378. The molecule has 0 saturated heterocycles. The molecule has 20 heavy (non-hydrogen) atoms. The molecule has 2 rings (SSSR count). The zero-order valence-electron chi connectivity index (χ0n) is 10.1. The van der Waals surface area contributed by atoms with Crippen LogP contribution in [-0.4, -0.2) is 10.8 Å². The summed E-state index contributed by atoms with van der Waals surface area (Å²) in [6.07, 6.45) is 0. The Labute approximate surface area is 125 Å². The van der Waals surface area contributed by atoms with Crippen LogP contribution in [0.15, 0.2) is 28.1 Å². The molecule has 1 aromatic heterocycles. The van der Waals surface area contributed by atoms with E-state index in [4.69, 9.17) is 0 Å². The lowest BCUT2D eigenvalue weighted by Gasteiger charge is -2.04. The predicted molar refractivity (Wildman–Crippen MR) is 77.8 cm³/mol. The topological polar surface area (TPSA) is 72.2 Å². The van der Waals surface area contributed by atoms with Crippen LogP contribution in [0.3, 0.4) is 0 Å². The van der Waals surface area contributed by atoms with Crippen molar-refractivity contribution >= 4 is 44.5 Å². The summed E-state index contributed by atoms with van der Waals surface area (Å²) in [5, 5.41) is 13.3. The lowest BCUT2D eigenvalue weighted by molar-refractivity contribution is -0.384. The van der Waals surface area contributed by atoms with Gasteiger partial charge in [0.1, 0.15) is 11.5 Å². The van der Waals surface area contributed by atoms with Gasteiger partial charge in [-0.2, -0.15) is 0 Å². The first-order chi connectivity index (χ1) is 9.38. The molecular weight excluding hydrogens is 351 g/mol. The van der Waals surface area contributed by atoms with Crippen LogP contribution in [0.2, 0.25) is 0 Å². The molecule has 0 atom stereocenters.